The van der Waals surface area contributed by atoms with Crippen LogP contribution in [0.5, 0.6) is 0 Å². The van der Waals surface area contributed by atoms with E-state index >= 15 is 0 Å². The smallest absolute Gasteiger partial charge is 0.373 e. The van der Waals surface area contributed by atoms with Gasteiger partial charge in [0.15, 0.2) is 0 Å². The molecule has 0 fully saturated rings. The van der Waals surface area contributed by atoms with Gasteiger partial charge in [-0.15, -0.1) is 0 Å². The Balaban J connectivity index is 2.55. The molecule has 0 heterocycles. The average molecular weight is 409 g/mol. The maximum absolute atomic E-state index is 5.69. The summed E-state index contributed by atoms with van der Waals surface area (Å²) < 4.78 is 34.1. The van der Waals surface area contributed by atoms with Crippen molar-refractivity contribution in [3.8, 4) is 0 Å². The van der Waals surface area contributed by atoms with Gasteiger partial charge in [-0.2, -0.15) is 0 Å². The van der Waals surface area contributed by atoms with E-state index in [2.05, 4.69) is 12.1 Å². The predicted octanol–water partition coefficient (Wildman–Crippen LogP) is 1.45. The molecule has 0 radical (unpaired) electrons. The minimum Gasteiger partial charge on any atom is -0.373 e. The molecule has 0 aliphatic carbocycles. The van der Waals surface area contributed by atoms with Crippen LogP contribution >= 0.6 is 0 Å². The first kappa shape index (κ1) is 21.9. The summed E-state index contributed by atoms with van der Waals surface area (Å²) in [5.74, 6) is 0. The summed E-state index contributed by atoms with van der Waals surface area (Å²) in [6.07, 6.45) is 0.641. The van der Waals surface area contributed by atoms with E-state index in [1.165, 1.54) is 0 Å². The molecule has 0 N–H and O–H groups in total. The zero-order valence-corrected chi connectivity index (χ0v) is 18.8. The van der Waals surface area contributed by atoms with Crippen LogP contribution in [0.15, 0.2) is 48.5 Å². The molecule has 0 aliphatic rings. The lowest BCUT2D eigenvalue weighted by atomic mass is 10.0. The minimum atomic E-state index is -2.96. The molecule has 8 heteroatoms. The Morgan fingerprint density at radius 1 is 0.519 bits per heavy atom. The van der Waals surface area contributed by atoms with E-state index in [9.17, 15) is 0 Å². The number of hydrogen-bond acceptors (Lipinski definition) is 6. The average Bonchev–Trinajstić information content (AvgIpc) is 2.73. The van der Waals surface area contributed by atoms with E-state index in [1.54, 1.807) is 42.7 Å². The zero-order valence-electron chi connectivity index (χ0n) is 16.8. The fourth-order valence-electron chi connectivity index (χ4n) is 3.31. The van der Waals surface area contributed by atoms with Crippen LogP contribution in [0.3, 0.4) is 0 Å². The van der Waals surface area contributed by atoms with Crippen LogP contribution < -0.4 is 10.4 Å². The molecule has 0 spiro atoms. The first-order chi connectivity index (χ1) is 13.1. The van der Waals surface area contributed by atoms with Crippen molar-refractivity contribution in [2.75, 3.05) is 42.7 Å². The van der Waals surface area contributed by atoms with Gasteiger partial charge in [0.25, 0.3) is 0 Å². The quantitative estimate of drug-likeness (QED) is 0.555. The normalized spacial score (nSPS) is 12.4. The Labute approximate surface area is 163 Å². The van der Waals surface area contributed by atoms with Gasteiger partial charge < -0.3 is 26.6 Å². The number of hydrogen-bond donors (Lipinski definition) is 0. The Morgan fingerprint density at radius 2 is 0.815 bits per heavy atom. The van der Waals surface area contributed by atoms with Crippen LogP contribution in [0.1, 0.15) is 11.1 Å². The molecule has 0 bridgehead atoms. The van der Waals surface area contributed by atoms with Crippen molar-refractivity contribution in [2.24, 2.45) is 0 Å². The maximum Gasteiger partial charge on any atom is 0.536 e. The molecule has 6 nitrogen and oxygen atoms in total. The third-order valence-electron chi connectivity index (χ3n) is 4.69. The highest BCUT2D eigenvalue weighted by Gasteiger charge is 2.44. The van der Waals surface area contributed by atoms with Crippen molar-refractivity contribution in [1.82, 2.24) is 0 Å². The lowest BCUT2D eigenvalue weighted by Gasteiger charge is -2.28. The van der Waals surface area contributed by atoms with Gasteiger partial charge in [-0.25, -0.2) is 0 Å². The number of rotatable bonds is 10. The Kier molecular flexibility index (Phi) is 7.89. The van der Waals surface area contributed by atoms with E-state index in [1.807, 2.05) is 36.4 Å². The summed E-state index contributed by atoms with van der Waals surface area (Å²) in [6.45, 7) is 0. The van der Waals surface area contributed by atoms with Crippen LogP contribution in [-0.4, -0.2) is 60.3 Å². The van der Waals surface area contributed by atoms with E-state index in [-0.39, 0.29) is 0 Å². The van der Waals surface area contributed by atoms with Gasteiger partial charge in [0.2, 0.25) is 0 Å². The Morgan fingerprint density at radius 3 is 1.11 bits per heavy atom. The van der Waals surface area contributed by atoms with Gasteiger partial charge >= 0.3 is 17.6 Å². The highest BCUT2D eigenvalue weighted by Crippen LogP contribution is 2.17. The molecule has 0 saturated carbocycles. The van der Waals surface area contributed by atoms with Crippen LogP contribution in [0, 0.1) is 0 Å². The molecule has 2 aromatic rings. The van der Waals surface area contributed by atoms with Gasteiger partial charge in [-0.1, -0.05) is 48.5 Å². The summed E-state index contributed by atoms with van der Waals surface area (Å²) >= 11 is 0. The number of benzene rings is 2. The Bertz CT molecular complexity index is 654. The first-order valence-electron chi connectivity index (χ1n) is 8.54. The maximum atomic E-state index is 5.69. The van der Waals surface area contributed by atoms with Gasteiger partial charge in [-0.3, -0.25) is 0 Å². The highest BCUT2D eigenvalue weighted by molar-refractivity contribution is 6.76. The lowest BCUT2D eigenvalue weighted by molar-refractivity contribution is 0.140. The molecule has 0 saturated heterocycles. The third kappa shape index (κ3) is 4.23. The molecule has 0 unspecified atom stereocenters. The van der Waals surface area contributed by atoms with Crippen molar-refractivity contribution >= 4 is 28.0 Å². The van der Waals surface area contributed by atoms with Gasteiger partial charge in [0.1, 0.15) is 0 Å². The van der Waals surface area contributed by atoms with Gasteiger partial charge in [0, 0.05) is 53.0 Å². The monoisotopic (exact) mass is 408 g/mol. The summed E-state index contributed by atoms with van der Waals surface area (Å²) in [6, 6.07) is 16.0. The Hall–Kier alpha value is -1.37. The second-order valence-electron chi connectivity index (χ2n) is 5.83. The standard InChI is InChI=1S/C19H28O6Si2/c1-20-26(21-2,22-3)18-13-9-7-11-16(18)15-17-12-8-10-14-19(17)27(23-4,24-5)25-6/h7-14H,15H2,1-6H3. The summed E-state index contributed by atoms with van der Waals surface area (Å²) in [5, 5.41) is 1.87. The van der Waals surface area contributed by atoms with E-state index in [0.29, 0.717) is 6.42 Å². The van der Waals surface area contributed by atoms with Gasteiger partial charge in [0.05, 0.1) is 0 Å². The molecule has 148 valence electrons. The molecule has 0 amide bonds. The molecular weight excluding hydrogens is 380 g/mol. The molecular formula is C19H28O6Si2. The first-order valence-corrected chi connectivity index (χ1v) is 12.0. The van der Waals surface area contributed by atoms with E-state index in [0.717, 1.165) is 21.5 Å². The summed E-state index contributed by atoms with van der Waals surface area (Å²) in [5.41, 5.74) is 2.13. The second-order valence-corrected chi connectivity index (χ2v) is 11.6. The lowest BCUT2D eigenvalue weighted by Crippen LogP contribution is -2.57. The van der Waals surface area contributed by atoms with Gasteiger partial charge in [-0.05, 0) is 17.5 Å². The van der Waals surface area contributed by atoms with Crippen molar-refractivity contribution in [1.29, 1.82) is 0 Å². The van der Waals surface area contributed by atoms with E-state index < -0.39 is 17.6 Å². The van der Waals surface area contributed by atoms with E-state index in [4.69, 9.17) is 26.6 Å². The fraction of sp³-hybridized carbons (Fsp3) is 0.368. The topological polar surface area (TPSA) is 55.4 Å². The van der Waals surface area contributed by atoms with Crippen LogP contribution in [0.2, 0.25) is 0 Å². The largest absolute Gasteiger partial charge is 0.536 e. The second kappa shape index (κ2) is 9.71. The molecule has 2 aromatic carbocycles. The summed E-state index contributed by atoms with van der Waals surface area (Å²) in [7, 11) is 3.76. The molecule has 0 aliphatic heterocycles. The minimum absolute atomic E-state index is 0.641. The SMILES string of the molecule is CO[Si](OC)(OC)c1ccccc1Cc1ccccc1[Si](OC)(OC)OC. The van der Waals surface area contributed by atoms with Crippen molar-refractivity contribution < 1.29 is 26.6 Å². The highest BCUT2D eigenvalue weighted by atomic mass is 28.4. The molecule has 0 aromatic heterocycles. The zero-order chi connectivity index (χ0) is 19.9. The molecule has 27 heavy (non-hydrogen) atoms. The van der Waals surface area contributed by atoms with Crippen molar-refractivity contribution in [3.63, 3.8) is 0 Å². The van der Waals surface area contributed by atoms with Crippen molar-refractivity contribution in [3.05, 3.63) is 59.7 Å². The fourth-order valence-corrected chi connectivity index (χ4v) is 7.36. The van der Waals surface area contributed by atoms with Crippen LogP contribution in [0.25, 0.3) is 0 Å². The van der Waals surface area contributed by atoms with Crippen LogP contribution in [0.4, 0.5) is 0 Å². The predicted molar refractivity (Wildman–Crippen MR) is 109 cm³/mol. The third-order valence-corrected chi connectivity index (χ3v) is 10.2. The molecule has 2 rings (SSSR count). The molecule has 0 atom stereocenters. The summed E-state index contributed by atoms with van der Waals surface area (Å²) in [4.78, 5) is 0. The van der Waals surface area contributed by atoms with Crippen molar-refractivity contribution in [2.45, 2.75) is 6.42 Å². The van der Waals surface area contributed by atoms with Crippen LogP contribution in [-0.2, 0) is 33.0 Å².